The highest BCUT2D eigenvalue weighted by Crippen LogP contribution is 2.27. The van der Waals surface area contributed by atoms with E-state index in [-0.39, 0.29) is 18.6 Å². The lowest BCUT2D eigenvalue weighted by molar-refractivity contribution is 0.0547. The van der Waals surface area contributed by atoms with Crippen molar-refractivity contribution in [2.24, 2.45) is 0 Å². The summed E-state index contributed by atoms with van der Waals surface area (Å²) in [4.78, 5) is 34.5. The number of carbonyl (C=O) groups is 2. The van der Waals surface area contributed by atoms with Crippen molar-refractivity contribution < 1.29 is 14.3 Å². The molecule has 3 aromatic rings. The topological polar surface area (TPSA) is 62.7 Å². The molecule has 3 heterocycles. The van der Waals surface area contributed by atoms with Crippen LogP contribution in [-0.4, -0.2) is 53.0 Å². The molecule has 1 fully saturated rings. The zero-order valence-corrected chi connectivity index (χ0v) is 16.7. The number of carbonyl (C=O) groups excluding carboxylic acids is 2. The lowest BCUT2D eigenvalue weighted by atomic mass is 10.2. The van der Waals surface area contributed by atoms with Gasteiger partial charge in [-0.2, -0.15) is 0 Å². The fourth-order valence-electron chi connectivity index (χ4n) is 3.16. The summed E-state index contributed by atoms with van der Waals surface area (Å²) < 4.78 is 5.38. The molecule has 2 amide bonds. The smallest absolute Gasteiger partial charge is 0.410 e. The Morgan fingerprint density at radius 3 is 2.34 bits per heavy atom. The van der Waals surface area contributed by atoms with Crippen LogP contribution in [0, 0.1) is 0 Å². The molecule has 6 nitrogen and oxygen atoms in total. The summed E-state index contributed by atoms with van der Waals surface area (Å²) in [6, 6.07) is 19.1. The van der Waals surface area contributed by atoms with Crippen LogP contribution in [0.2, 0.25) is 0 Å². The maximum Gasteiger partial charge on any atom is 0.410 e. The van der Waals surface area contributed by atoms with Crippen LogP contribution in [0.5, 0.6) is 0 Å². The van der Waals surface area contributed by atoms with Gasteiger partial charge < -0.3 is 14.5 Å². The Balaban J connectivity index is 1.29. The zero-order valence-electron chi connectivity index (χ0n) is 15.9. The first kappa shape index (κ1) is 19.1. The summed E-state index contributed by atoms with van der Waals surface area (Å²) in [6.45, 7) is 2.19. The molecule has 0 unspecified atom stereocenters. The molecule has 148 valence electrons. The van der Waals surface area contributed by atoms with Crippen molar-refractivity contribution in [1.82, 2.24) is 14.8 Å². The number of nitrogens with zero attached hydrogens (tertiary/aromatic N) is 3. The number of aromatic nitrogens is 1. The number of pyridine rings is 1. The molecule has 0 spiro atoms. The van der Waals surface area contributed by atoms with Crippen LogP contribution in [0.4, 0.5) is 4.79 Å². The molecule has 0 saturated carbocycles. The Hall–Kier alpha value is -3.19. The van der Waals surface area contributed by atoms with Crippen LogP contribution < -0.4 is 0 Å². The van der Waals surface area contributed by atoms with E-state index in [2.05, 4.69) is 4.98 Å². The number of benzene rings is 1. The van der Waals surface area contributed by atoms with Gasteiger partial charge in [0, 0.05) is 32.4 Å². The van der Waals surface area contributed by atoms with Crippen molar-refractivity contribution in [3.63, 3.8) is 0 Å². The zero-order chi connectivity index (χ0) is 20.1. The standard InChI is InChI=1S/C22H21N3O3S/c26-21(20-10-9-19(29-20)18-8-4-5-11-23-18)24-12-14-25(15-13-24)22(27)28-16-17-6-2-1-3-7-17/h1-11H,12-16H2. The molecular formula is C22H21N3O3S. The Morgan fingerprint density at radius 1 is 0.897 bits per heavy atom. The third-order valence-electron chi connectivity index (χ3n) is 4.76. The Bertz CT molecular complexity index is 967. The van der Waals surface area contributed by atoms with Crippen molar-refractivity contribution in [3.8, 4) is 10.6 Å². The van der Waals surface area contributed by atoms with Crippen LogP contribution in [0.25, 0.3) is 10.6 Å². The van der Waals surface area contributed by atoms with Crippen LogP contribution in [0.15, 0.2) is 66.9 Å². The van der Waals surface area contributed by atoms with Crippen molar-refractivity contribution >= 4 is 23.3 Å². The van der Waals surface area contributed by atoms with Crippen molar-refractivity contribution in [2.45, 2.75) is 6.61 Å². The van der Waals surface area contributed by atoms with Gasteiger partial charge in [0.1, 0.15) is 6.61 Å². The van der Waals surface area contributed by atoms with Gasteiger partial charge >= 0.3 is 6.09 Å². The molecule has 1 aliphatic rings. The number of hydrogen-bond acceptors (Lipinski definition) is 5. The summed E-state index contributed by atoms with van der Waals surface area (Å²) in [5.41, 5.74) is 1.82. The lowest BCUT2D eigenvalue weighted by Crippen LogP contribution is -2.50. The normalized spacial score (nSPS) is 13.9. The number of amides is 2. The first-order valence-corrected chi connectivity index (χ1v) is 10.3. The summed E-state index contributed by atoms with van der Waals surface area (Å²) in [6.07, 6.45) is 1.40. The fraction of sp³-hybridized carbons (Fsp3) is 0.227. The first-order chi connectivity index (χ1) is 14.2. The SMILES string of the molecule is O=C(OCc1ccccc1)N1CCN(C(=O)c2ccc(-c3ccccn3)s2)CC1. The molecule has 0 aliphatic carbocycles. The summed E-state index contributed by atoms with van der Waals surface area (Å²) in [5, 5.41) is 0. The van der Waals surface area contributed by atoms with E-state index in [0.29, 0.717) is 31.1 Å². The second kappa shape index (κ2) is 8.87. The van der Waals surface area contributed by atoms with Crippen molar-refractivity contribution in [1.29, 1.82) is 0 Å². The van der Waals surface area contributed by atoms with Gasteiger partial charge in [0.05, 0.1) is 15.4 Å². The van der Waals surface area contributed by atoms with Gasteiger partial charge in [0.25, 0.3) is 5.91 Å². The van der Waals surface area contributed by atoms with Gasteiger partial charge in [-0.25, -0.2) is 4.79 Å². The average Bonchev–Trinajstić information content (AvgIpc) is 3.29. The van der Waals surface area contributed by atoms with E-state index in [1.54, 1.807) is 16.0 Å². The lowest BCUT2D eigenvalue weighted by Gasteiger charge is -2.33. The molecule has 29 heavy (non-hydrogen) atoms. The quantitative estimate of drug-likeness (QED) is 0.658. The summed E-state index contributed by atoms with van der Waals surface area (Å²) in [5.74, 6) is -0.00511. The van der Waals surface area contributed by atoms with Crippen LogP contribution >= 0.6 is 11.3 Å². The molecule has 4 rings (SSSR count). The molecule has 0 N–H and O–H groups in total. The minimum absolute atomic E-state index is 0.00511. The van der Waals surface area contributed by atoms with Crippen LogP contribution in [0.1, 0.15) is 15.2 Å². The molecule has 2 aromatic heterocycles. The Morgan fingerprint density at radius 2 is 1.62 bits per heavy atom. The Kier molecular flexibility index (Phi) is 5.86. The van der Waals surface area contributed by atoms with E-state index in [1.165, 1.54) is 11.3 Å². The third kappa shape index (κ3) is 4.63. The van der Waals surface area contributed by atoms with Crippen molar-refractivity contribution in [3.05, 3.63) is 77.3 Å². The van der Waals surface area contributed by atoms with E-state index in [4.69, 9.17) is 4.74 Å². The average molecular weight is 407 g/mol. The number of rotatable bonds is 4. The van der Waals surface area contributed by atoms with E-state index < -0.39 is 0 Å². The molecule has 0 radical (unpaired) electrons. The number of ether oxygens (including phenoxy) is 1. The van der Waals surface area contributed by atoms with Gasteiger partial charge in [-0.15, -0.1) is 11.3 Å². The first-order valence-electron chi connectivity index (χ1n) is 9.47. The molecule has 0 bridgehead atoms. The number of piperazine rings is 1. The minimum atomic E-state index is -0.338. The second-order valence-corrected chi connectivity index (χ2v) is 7.78. The maximum atomic E-state index is 12.8. The van der Waals surface area contributed by atoms with Gasteiger partial charge in [-0.1, -0.05) is 36.4 Å². The predicted molar refractivity (Wildman–Crippen MR) is 112 cm³/mol. The van der Waals surface area contributed by atoms with Crippen LogP contribution in [-0.2, 0) is 11.3 Å². The number of thiophene rings is 1. The number of hydrogen-bond donors (Lipinski definition) is 0. The fourth-order valence-corrected chi connectivity index (χ4v) is 4.11. The molecule has 1 saturated heterocycles. The van der Waals surface area contributed by atoms with E-state index in [0.717, 1.165) is 16.1 Å². The Labute approximate surface area is 173 Å². The molecule has 1 aromatic carbocycles. The molecule has 0 atom stereocenters. The van der Waals surface area contributed by atoms with E-state index >= 15 is 0 Å². The van der Waals surface area contributed by atoms with Crippen LogP contribution in [0.3, 0.4) is 0 Å². The predicted octanol–water partition coefficient (Wildman–Crippen LogP) is 3.90. The highest BCUT2D eigenvalue weighted by Gasteiger charge is 2.26. The third-order valence-corrected chi connectivity index (χ3v) is 5.86. The molecule has 1 aliphatic heterocycles. The molecular weight excluding hydrogens is 386 g/mol. The maximum absolute atomic E-state index is 12.8. The highest BCUT2D eigenvalue weighted by atomic mass is 32.1. The van der Waals surface area contributed by atoms with Gasteiger partial charge in [-0.3, -0.25) is 9.78 Å². The summed E-state index contributed by atoms with van der Waals surface area (Å²) in [7, 11) is 0. The van der Waals surface area contributed by atoms with E-state index in [1.807, 2.05) is 60.7 Å². The highest BCUT2D eigenvalue weighted by molar-refractivity contribution is 7.17. The summed E-state index contributed by atoms with van der Waals surface area (Å²) >= 11 is 1.44. The molecule has 7 heteroatoms. The van der Waals surface area contributed by atoms with Crippen molar-refractivity contribution in [2.75, 3.05) is 26.2 Å². The minimum Gasteiger partial charge on any atom is -0.445 e. The largest absolute Gasteiger partial charge is 0.445 e. The van der Waals surface area contributed by atoms with Gasteiger partial charge in [-0.05, 0) is 29.8 Å². The van der Waals surface area contributed by atoms with Gasteiger partial charge in [0.15, 0.2) is 0 Å². The van der Waals surface area contributed by atoms with E-state index in [9.17, 15) is 9.59 Å². The second-order valence-electron chi connectivity index (χ2n) is 6.70. The monoisotopic (exact) mass is 407 g/mol. The van der Waals surface area contributed by atoms with Gasteiger partial charge in [0.2, 0.25) is 0 Å².